The largest absolute Gasteiger partial charge is 0.478 e. The fourth-order valence-electron chi connectivity index (χ4n) is 3.81. The summed E-state index contributed by atoms with van der Waals surface area (Å²) >= 11 is 21.4. The predicted octanol–water partition coefficient (Wildman–Crippen LogP) is 5.07. The van der Waals surface area contributed by atoms with Crippen LogP contribution in [0.5, 0.6) is 5.75 Å². The van der Waals surface area contributed by atoms with Gasteiger partial charge in [-0.2, -0.15) is 0 Å². The molecule has 0 spiro atoms. The van der Waals surface area contributed by atoms with Gasteiger partial charge in [-0.1, -0.05) is 57.2 Å². The number of rotatable bonds is 2. The van der Waals surface area contributed by atoms with Crippen molar-refractivity contribution in [3.63, 3.8) is 0 Å². The van der Waals surface area contributed by atoms with Crippen molar-refractivity contribution in [3.05, 3.63) is 38.3 Å². The minimum Gasteiger partial charge on any atom is -0.478 e. The number of carbonyl (C=O) groups is 1. The molecule has 3 rings (SSSR count). The van der Waals surface area contributed by atoms with Gasteiger partial charge in [0.25, 0.3) is 6.04 Å². The highest BCUT2D eigenvalue weighted by Crippen LogP contribution is 2.50. The molecular weight excluding hydrogens is 456 g/mol. The molecule has 1 aromatic carbocycles. The van der Waals surface area contributed by atoms with Gasteiger partial charge in [-0.15, -0.1) is 0 Å². The maximum atomic E-state index is 12.5. The lowest BCUT2D eigenvalue weighted by molar-refractivity contribution is -0.540. The van der Waals surface area contributed by atoms with E-state index in [0.717, 1.165) is 17.3 Å². The number of benzene rings is 1. The second kappa shape index (κ2) is 7.22. The molecule has 0 unspecified atom stereocenters. The molecule has 0 amide bonds. The van der Waals surface area contributed by atoms with Crippen LogP contribution in [0.2, 0.25) is 0 Å². The third kappa shape index (κ3) is 3.77. The minimum atomic E-state index is -1.99. The third-order valence-corrected chi connectivity index (χ3v) is 6.00. The van der Waals surface area contributed by atoms with E-state index < -0.39 is 32.7 Å². The predicted molar refractivity (Wildman–Crippen MR) is 99.3 cm³/mol. The van der Waals surface area contributed by atoms with E-state index in [1.165, 1.54) is 0 Å². The molecule has 9 heteroatoms. The zero-order valence-electron chi connectivity index (χ0n) is 13.0. The number of hydrogen-bond acceptors (Lipinski definition) is 4. The van der Waals surface area contributed by atoms with Crippen molar-refractivity contribution in [2.24, 2.45) is 5.92 Å². The molecule has 0 saturated heterocycles. The first kappa shape index (κ1) is 19.2. The monoisotopic (exact) mass is 469 g/mol. The molecule has 1 fully saturated rings. The van der Waals surface area contributed by atoms with Crippen molar-refractivity contribution >= 4 is 56.5 Å². The minimum absolute atomic E-state index is 0.0268. The van der Waals surface area contributed by atoms with Crippen LogP contribution in [0.15, 0.2) is 22.7 Å². The smallest absolute Gasteiger partial charge is 0.261 e. The fraction of sp³-hybridized carbons (Fsp3) is 0.562. The Morgan fingerprint density at radius 2 is 2.00 bits per heavy atom. The van der Waals surface area contributed by atoms with Crippen LogP contribution in [-0.4, -0.2) is 26.6 Å². The van der Waals surface area contributed by atoms with Gasteiger partial charge in [0.05, 0.1) is 5.92 Å². The quantitative estimate of drug-likeness (QED) is 0.343. The zero-order valence-corrected chi connectivity index (χ0v) is 16.8. The first-order chi connectivity index (χ1) is 11.7. The summed E-state index contributed by atoms with van der Waals surface area (Å²) in [5.41, 5.74) is 0.613. The van der Waals surface area contributed by atoms with Crippen molar-refractivity contribution in [1.82, 2.24) is 0 Å². The molecule has 1 saturated carbocycles. The van der Waals surface area contributed by atoms with E-state index >= 15 is 0 Å². The number of fused-ring (bicyclic) bond motifs is 1. The Balaban J connectivity index is 2.16. The molecular formula is C16H15BrCl3NO4. The maximum Gasteiger partial charge on any atom is 0.261 e. The molecule has 5 nitrogen and oxygen atoms in total. The molecule has 25 heavy (non-hydrogen) atoms. The molecule has 1 heterocycles. The molecule has 0 bridgehead atoms. The van der Waals surface area contributed by atoms with Crippen LogP contribution in [0.4, 0.5) is 0 Å². The summed E-state index contributed by atoms with van der Waals surface area (Å²) in [6.07, 6.45) is 1.39. The van der Waals surface area contributed by atoms with Gasteiger partial charge in [0, 0.05) is 27.3 Å². The van der Waals surface area contributed by atoms with E-state index in [1.807, 2.05) is 0 Å². The lowest BCUT2D eigenvalue weighted by Gasteiger charge is -2.40. The summed E-state index contributed by atoms with van der Waals surface area (Å²) in [5, 5.41) is 11.9. The van der Waals surface area contributed by atoms with Gasteiger partial charge in [0.15, 0.2) is 0 Å². The molecule has 1 aliphatic heterocycles. The van der Waals surface area contributed by atoms with Gasteiger partial charge in [0.2, 0.25) is 9.90 Å². The molecule has 0 radical (unpaired) electrons. The van der Waals surface area contributed by atoms with Gasteiger partial charge in [-0.05, 0) is 31.0 Å². The van der Waals surface area contributed by atoms with Gasteiger partial charge in [0.1, 0.15) is 11.5 Å². The maximum absolute atomic E-state index is 12.5. The number of Topliss-reactive ketones (excluding diaryl/α,β-unsaturated/α-hetero) is 1. The molecule has 2 aliphatic rings. The van der Waals surface area contributed by atoms with Crippen molar-refractivity contribution in [3.8, 4) is 5.75 Å². The number of nitro groups is 1. The Labute approximate surface area is 168 Å². The standard InChI is InChI=1S/C16H15BrCl3NO4/c17-8-5-6-12-10(7-8)13(9-3-1-2-4-11(9)22)14(21(23)24)15(25-12)16(18,19)20/h5-7,9,13-15H,1-4H2/t9-,13-,14-,15-/m0/s1. The van der Waals surface area contributed by atoms with Gasteiger partial charge < -0.3 is 4.74 Å². The second-order valence-corrected chi connectivity index (χ2v) is 9.67. The summed E-state index contributed by atoms with van der Waals surface area (Å²) < 4.78 is 4.47. The van der Waals surface area contributed by atoms with Gasteiger partial charge in [-0.25, -0.2) is 0 Å². The number of carbonyl (C=O) groups excluding carboxylic acids is 1. The fourth-order valence-corrected chi connectivity index (χ4v) is 4.71. The average molecular weight is 472 g/mol. The zero-order chi connectivity index (χ0) is 18.4. The summed E-state index contributed by atoms with van der Waals surface area (Å²) in [6.45, 7) is 0. The number of ether oxygens (including phenoxy) is 1. The Morgan fingerprint density at radius 1 is 1.28 bits per heavy atom. The second-order valence-electron chi connectivity index (χ2n) is 6.38. The molecule has 0 aromatic heterocycles. The van der Waals surface area contributed by atoms with Crippen LogP contribution in [0.25, 0.3) is 0 Å². The SMILES string of the molecule is O=C1CCCC[C@@H]1[C@H]1c2cc(Br)ccc2O[C@H](C(Cl)(Cl)Cl)[C@H]1[N+](=O)[O-]. The van der Waals surface area contributed by atoms with E-state index in [0.29, 0.717) is 24.2 Å². The van der Waals surface area contributed by atoms with E-state index in [4.69, 9.17) is 39.5 Å². The number of alkyl halides is 3. The van der Waals surface area contributed by atoms with Crippen LogP contribution in [0.3, 0.4) is 0 Å². The Kier molecular flexibility index (Phi) is 5.55. The van der Waals surface area contributed by atoms with E-state index in [2.05, 4.69) is 15.9 Å². The van der Waals surface area contributed by atoms with Crippen LogP contribution in [-0.2, 0) is 4.79 Å². The summed E-state index contributed by atoms with van der Waals surface area (Å²) in [6, 6.07) is 3.87. The first-order valence-corrected chi connectivity index (χ1v) is 9.82. The van der Waals surface area contributed by atoms with Crippen molar-refractivity contribution in [2.75, 3.05) is 0 Å². The van der Waals surface area contributed by atoms with Gasteiger partial charge >= 0.3 is 0 Å². The lowest BCUT2D eigenvalue weighted by Crippen LogP contribution is -2.54. The van der Waals surface area contributed by atoms with Crippen LogP contribution in [0.1, 0.15) is 37.2 Å². The molecule has 1 aromatic rings. The number of ketones is 1. The highest BCUT2D eigenvalue weighted by Gasteiger charge is 2.58. The molecule has 4 atom stereocenters. The van der Waals surface area contributed by atoms with Gasteiger partial charge in [-0.3, -0.25) is 14.9 Å². The number of halogens is 4. The highest BCUT2D eigenvalue weighted by atomic mass is 79.9. The lowest BCUT2D eigenvalue weighted by atomic mass is 9.70. The first-order valence-electron chi connectivity index (χ1n) is 7.89. The van der Waals surface area contributed by atoms with Crippen molar-refractivity contribution < 1.29 is 14.5 Å². The normalized spacial score (nSPS) is 29.7. The van der Waals surface area contributed by atoms with E-state index in [-0.39, 0.29) is 5.78 Å². The highest BCUT2D eigenvalue weighted by molar-refractivity contribution is 9.10. The summed E-state index contributed by atoms with van der Waals surface area (Å²) in [5.74, 6) is -0.722. The third-order valence-electron chi connectivity index (χ3n) is 4.86. The Morgan fingerprint density at radius 3 is 2.60 bits per heavy atom. The van der Waals surface area contributed by atoms with E-state index in [9.17, 15) is 14.9 Å². The van der Waals surface area contributed by atoms with Crippen LogP contribution >= 0.6 is 50.7 Å². The van der Waals surface area contributed by atoms with Crippen molar-refractivity contribution in [2.45, 2.75) is 47.5 Å². The van der Waals surface area contributed by atoms with Crippen LogP contribution < -0.4 is 4.74 Å². The molecule has 136 valence electrons. The topological polar surface area (TPSA) is 69.4 Å². The Hall–Kier alpha value is -0.560. The number of hydrogen-bond donors (Lipinski definition) is 0. The van der Waals surface area contributed by atoms with Crippen LogP contribution in [0, 0.1) is 16.0 Å². The molecule has 0 N–H and O–H groups in total. The summed E-state index contributed by atoms with van der Waals surface area (Å²) in [4.78, 5) is 23.9. The Bertz CT molecular complexity index is 709. The van der Waals surface area contributed by atoms with E-state index in [1.54, 1.807) is 18.2 Å². The molecule has 1 aliphatic carbocycles. The number of nitrogens with zero attached hydrogens (tertiary/aromatic N) is 1. The summed E-state index contributed by atoms with van der Waals surface area (Å²) in [7, 11) is 0. The van der Waals surface area contributed by atoms with Crippen molar-refractivity contribution in [1.29, 1.82) is 0 Å². The average Bonchev–Trinajstić information content (AvgIpc) is 2.52.